The Labute approximate surface area is 103 Å². The van der Waals surface area contributed by atoms with Crippen LogP contribution >= 0.6 is 0 Å². The van der Waals surface area contributed by atoms with Crippen LogP contribution < -0.4 is 10.6 Å². The van der Waals surface area contributed by atoms with Gasteiger partial charge in [0, 0.05) is 13.1 Å². The van der Waals surface area contributed by atoms with Gasteiger partial charge in [0.2, 0.25) is 0 Å². The summed E-state index contributed by atoms with van der Waals surface area (Å²) < 4.78 is 0. The molecular weight excluding hydrogens is 212 g/mol. The molecule has 1 heterocycles. The molecule has 0 aromatic carbocycles. The lowest BCUT2D eigenvalue weighted by Crippen LogP contribution is -2.30. The van der Waals surface area contributed by atoms with E-state index in [1.807, 2.05) is 7.05 Å². The molecule has 4 nitrogen and oxygen atoms in total. The van der Waals surface area contributed by atoms with Crippen LogP contribution in [-0.2, 0) is 0 Å². The van der Waals surface area contributed by atoms with Crippen LogP contribution in [0.3, 0.4) is 0 Å². The minimum atomic E-state index is 0.544. The number of nitrogens with one attached hydrogen (secondary N) is 2. The molecular formula is C13H22N4. The molecule has 3 unspecified atom stereocenters. The molecule has 2 rings (SSSR count). The van der Waals surface area contributed by atoms with E-state index in [2.05, 4.69) is 34.4 Å². The predicted molar refractivity (Wildman–Crippen MR) is 71.2 cm³/mol. The lowest BCUT2D eigenvalue weighted by molar-refractivity contribution is 0.260. The van der Waals surface area contributed by atoms with Gasteiger partial charge in [0.15, 0.2) is 0 Å². The highest BCUT2D eigenvalue weighted by molar-refractivity contribution is 5.41. The highest BCUT2D eigenvalue weighted by Gasteiger charge is 2.24. The fraction of sp³-hybridized carbons (Fsp3) is 0.692. The normalized spacial score (nSPS) is 28.8. The molecule has 1 aromatic heterocycles. The van der Waals surface area contributed by atoms with Gasteiger partial charge in [-0.05, 0) is 31.1 Å². The molecule has 0 aliphatic heterocycles. The molecule has 94 valence electrons. The SMILES string of the molecule is CNc1cncc(NC2CCC(C)C(C)C2)n1. The summed E-state index contributed by atoms with van der Waals surface area (Å²) in [6.07, 6.45) is 7.29. The second-order valence-electron chi connectivity index (χ2n) is 5.15. The zero-order valence-corrected chi connectivity index (χ0v) is 10.9. The molecule has 0 radical (unpaired) electrons. The molecule has 1 aliphatic carbocycles. The Morgan fingerprint density at radius 3 is 2.59 bits per heavy atom. The van der Waals surface area contributed by atoms with E-state index in [0.717, 1.165) is 23.5 Å². The van der Waals surface area contributed by atoms with Gasteiger partial charge in [-0.2, -0.15) is 0 Å². The van der Waals surface area contributed by atoms with Crippen LogP contribution in [0.1, 0.15) is 33.1 Å². The summed E-state index contributed by atoms with van der Waals surface area (Å²) in [5.74, 6) is 3.33. The van der Waals surface area contributed by atoms with Gasteiger partial charge >= 0.3 is 0 Å². The number of nitrogens with zero attached hydrogens (tertiary/aromatic N) is 2. The minimum absolute atomic E-state index is 0.544. The van der Waals surface area contributed by atoms with Crippen molar-refractivity contribution in [2.45, 2.75) is 39.2 Å². The largest absolute Gasteiger partial charge is 0.372 e. The smallest absolute Gasteiger partial charge is 0.147 e. The van der Waals surface area contributed by atoms with E-state index in [1.54, 1.807) is 12.4 Å². The van der Waals surface area contributed by atoms with Gasteiger partial charge in [0.05, 0.1) is 12.4 Å². The second-order valence-corrected chi connectivity index (χ2v) is 5.15. The first-order chi connectivity index (χ1) is 8.19. The minimum Gasteiger partial charge on any atom is -0.372 e. The van der Waals surface area contributed by atoms with Crippen molar-refractivity contribution in [3.05, 3.63) is 12.4 Å². The Balaban J connectivity index is 1.96. The molecule has 0 bridgehead atoms. The third kappa shape index (κ3) is 3.08. The standard InChI is InChI=1S/C13H22N4/c1-9-4-5-11(6-10(9)2)16-13-8-15-7-12(14-3)17-13/h7-11H,4-6H2,1-3H3,(H2,14,16,17). The zero-order chi connectivity index (χ0) is 12.3. The molecule has 2 N–H and O–H groups in total. The lowest BCUT2D eigenvalue weighted by atomic mass is 9.79. The molecule has 1 saturated carbocycles. The van der Waals surface area contributed by atoms with Gasteiger partial charge in [-0.1, -0.05) is 13.8 Å². The molecule has 3 atom stereocenters. The van der Waals surface area contributed by atoms with E-state index in [0.29, 0.717) is 6.04 Å². The maximum atomic E-state index is 4.44. The van der Waals surface area contributed by atoms with Crippen molar-refractivity contribution in [3.8, 4) is 0 Å². The Morgan fingerprint density at radius 2 is 1.88 bits per heavy atom. The molecule has 17 heavy (non-hydrogen) atoms. The number of anilines is 2. The first-order valence-corrected chi connectivity index (χ1v) is 6.45. The third-order valence-corrected chi connectivity index (χ3v) is 3.84. The van der Waals surface area contributed by atoms with Gasteiger partial charge in [0.25, 0.3) is 0 Å². The number of hydrogen-bond acceptors (Lipinski definition) is 4. The van der Waals surface area contributed by atoms with Crippen LogP contribution in [0.2, 0.25) is 0 Å². The summed E-state index contributed by atoms with van der Waals surface area (Å²) >= 11 is 0. The number of hydrogen-bond donors (Lipinski definition) is 2. The summed E-state index contributed by atoms with van der Waals surface area (Å²) in [5.41, 5.74) is 0. The molecule has 1 aliphatic rings. The second kappa shape index (κ2) is 5.34. The van der Waals surface area contributed by atoms with Crippen molar-refractivity contribution in [2.24, 2.45) is 11.8 Å². The van der Waals surface area contributed by atoms with E-state index < -0.39 is 0 Å². The van der Waals surface area contributed by atoms with E-state index in [9.17, 15) is 0 Å². The summed E-state index contributed by atoms with van der Waals surface area (Å²) in [5, 5.41) is 6.50. The van der Waals surface area contributed by atoms with Crippen LogP contribution in [0.15, 0.2) is 12.4 Å². The fourth-order valence-electron chi connectivity index (χ4n) is 2.44. The van der Waals surface area contributed by atoms with E-state index in [4.69, 9.17) is 0 Å². The first kappa shape index (κ1) is 12.1. The van der Waals surface area contributed by atoms with Crippen LogP contribution in [-0.4, -0.2) is 23.1 Å². The van der Waals surface area contributed by atoms with Crippen molar-refractivity contribution >= 4 is 11.6 Å². The third-order valence-electron chi connectivity index (χ3n) is 3.84. The average Bonchev–Trinajstić information content (AvgIpc) is 2.34. The van der Waals surface area contributed by atoms with Crippen molar-refractivity contribution in [2.75, 3.05) is 17.7 Å². The Hall–Kier alpha value is -1.32. The highest BCUT2D eigenvalue weighted by atomic mass is 15.1. The Morgan fingerprint density at radius 1 is 1.12 bits per heavy atom. The molecule has 1 aromatic rings. The molecule has 0 amide bonds. The maximum Gasteiger partial charge on any atom is 0.147 e. The quantitative estimate of drug-likeness (QED) is 0.844. The van der Waals surface area contributed by atoms with Gasteiger partial charge in [-0.3, -0.25) is 4.98 Å². The van der Waals surface area contributed by atoms with Crippen molar-refractivity contribution in [1.29, 1.82) is 0 Å². The molecule has 1 fully saturated rings. The average molecular weight is 234 g/mol. The van der Waals surface area contributed by atoms with Crippen molar-refractivity contribution < 1.29 is 0 Å². The first-order valence-electron chi connectivity index (χ1n) is 6.45. The fourth-order valence-corrected chi connectivity index (χ4v) is 2.44. The Kier molecular flexibility index (Phi) is 3.82. The van der Waals surface area contributed by atoms with Crippen LogP contribution in [0.4, 0.5) is 11.6 Å². The van der Waals surface area contributed by atoms with Gasteiger partial charge < -0.3 is 10.6 Å². The van der Waals surface area contributed by atoms with Crippen LogP contribution in [0.5, 0.6) is 0 Å². The van der Waals surface area contributed by atoms with Crippen molar-refractivity contribution in [1.82, 2.24) is 9.97 Å². The summed E-state index contributed by atoms with van der Waals surface area (Å²) in [7, 11) is 1.86. The molecule has 0 spiro atoms. The topological polar surface area (TPSA) is 49.8 Å². The van der Waals surface area contributed by atoms with E-state index >= 15 is 0 Å². The van der Waals surface area contributed by atoms with E-state index in [-0.39, 0.29) is 0 Å². The van der Waals surface area contributed by atoms with Gasteiger partial charge in [-0.15, -0.1) is 0 Å². The predicted octanol–water partition coefficient (Wildman–Crippen LogP) is 2.75. The van der Waals surface area contributed by atoms with Gasteiger partial charge in [0.1, 0.15) is 11.6 Å². The molecule has 4 heteroatoms. The van der Waals surface area contributed by atoms with Crippen LogP contribution in [0.25, 0.3) is 0 Å². The van der Waals surface area contributed by atoms with Crippen LogP contribution in [0, 0.1) is 11.8 Å². The summed E-state index contributed by atoms with van der Waals surface area (Å²) in [4.78, 5) is 8.61. The molecule has 0 saturated heterocycles. The lowest BCUT2D eigenvalue weighted by Gasteiger charge is -2.32. The maximum absolute atomic E-state index is 4.44. The summed E-state index contributed by atoms with van der Waals surface area (Å²) in [6.45, 7) is 4.69. The Bertz CT molecular complexity index is 366. The van der Waals surface area contributed by atoms with E-state index in [1.165, 1.54) is 19.3 Å². The monoisotopic (exact) mass is 234 g/mol. The number of aromatic nitrogens is 2. The van der Waals surface area contributed by atoms with Gasteiger partial charge in [-0.25, -0.2) is 4.98 Å². The summed E-state index contributed by atoms with van der Waals surface area (Å²) in [6, 6.07) is 0.544. The zero-order valence-electron chi connectivity index (χ0n) is 10.9. The van der Waals surface area contributed by atoms with Crippen molar-refractivity contribution in [3.63, 3.8) is 0 Å². The number of rotatable bonds is 3. The highest BCUT2D eigenvalue weighted by Crippen LogP contribution is 2.30.